The summed E-state index contributed by atoms with van der Waals surface area (Å²) < 4.78 is 0. The van der Waals surface area contributed by atoms with Gasteiger partial charge >= 0.3 is 6.03 Å². The van der Waals surface area contributed by atoms with Crippen LogP contribution in [0, 0.1) is 6.92 Å². The molecule has 1 aliphatic carbocycles. The fraction of sp³-hybridized carbons (Fsp3) is 0.385. The SMILES string of the molecule is Cc1ccc2c(c1)/C(=N/NC(N)=O)CCCC2. The van der Waals surface area contributed by atoms with Gasteiger partial charge in [-0.15, -0.1) is 0 Å². The van der Waals surface area contributed by atoms with Crippen molar-refractivity contribution in [1.82, 2.24) is 5.43 Å². The van der Waals surface area contributed by atoms with Gasteiger partial charge in [0.25, 0.3) is 0 Å². The zero-order valence-electron chi connectivity index (χ0n) is 9.99. The van der Waals surface area contributed by atoms with E-state index in [2.05, 4.69) is 35.7 Å². The standard InChI is InChI=1S/C13H17N3O/c1-9-6-7-10-4-2-3-5-12(11(10)8-9)15-16-13(14)17/h6-8H,2-5H2,1H3,(H3,14,16,17)/b15-12+. The Morgan fingerprint density at radius 1 is 1.35 bits per heavy atom. The van der Waals surface area contributed by atoms with Gasteiger partial charge in [0.2, 0.25) is 0 Å². The first-order valence-corrected chi connectivity index (χ1v) is 5.89. The van der Waals surface area contributed by atoms with E-state index < -0.39 is 6.03 Å². The number of aryl methyl sites for hydroxylation is 2. The minimum atomic E-state index is -0.615. The zero-order chi connectivity index (χ0) is 12.3. The van der Waals surface area contributed by atoms with Crippen LogP contribution in [0.1, 0.15) is 36.0 Å². The van der Waals surface area contributed by atoms with Gasteiger partial charge in [0.15, 0.2) is 0 Å². The maximum Gasteiger partial charge on any atom is 0.332 e. The number of hydrogen-bond acceptors (Lipinski definition) is 2. The van der Waals surface area contributed by atoms with Crippen molar-refractivity contribution in [2.75, 3.05) is 0 Å². The molecule has 0 fully saturated rings. The summed E-state index contributed by atoms with van der Waals surface area (Å²) in [5.41, 5.74) is 12.0. The van der Waals surface area contributed by atoms with Crippen molar-refractivity contribution in [3.63, 3.8) is 0 Å². The normalized spacial score (nSPS) is 17.4. The van der Waals surface area contributed by atoms with Crippen molar-refractivity contribution in [3.05, 3.63) is 34.9 Å². The zero-order valence-corrected chi connectivity index (χ0v) is 9.99. The molecule has 1 aromatic rings. The Bertz CT molecular complexity index is 466. The van der Waals surface area contributed by atoms with Gasteiger partial charge in [-0.25, -0.2) is 10.2 Å². The summed E-state index contributed by atoms with van der Waals surface area (Å²) in [6, 6.07) is 5.78. The van der Waals surface area contributed by atoms with Crippen molar-refractivity contribution in [2.24, 2.45) is 10.8 Å². The quantitative estimate of drug-likeness (QED) is 0.564. The van der Waals surface area contributed by atoms with E-state index in [0.717, 1.165) is 37.0 Å². The van der Waals surface area contributed by atoms with Crippen LogP contribution in [0.25, 0.3) is 0 Å². The predicted molar refractivity (Wildman–Crippen MR) is 68.0 cm³/mol. The molecule has 90 valence electrons. The summed E-state index contributed by atoms with van der Waals surface area (Å²) >= 11 is 0. The second kappa shape index (κ2) is 4.99. The Balaban J connectivity index is 2.38. The van der Waals surface area contributed by atoms with Crippen LogP contribution in [0.15, 0.2) is 23.3 Å². The predicted octanol–water partition coefficient (Wildman–Crippen LogP) is 2.09. The Morgan fingerprint density at radius 2 is 2.12 bits per heavy atom. The van der Waals surface area contributed by atoms with Crippen LogP contribution >= 0.6 is 0 Å². The molecule has 0 bridgehead atoms. The van der Waals surface area contributed by atoms with E-state index >= 15 is 0 Å². The number of carbonyl (C=O) groups is 1. The summed E-state index contributed by atoms with van der Waals surface area (Å²) in [5, 5.41) is 4.12. The molecule has 0 spiro atoms. The molecule has 0 saturated carbocycles. The monoisotopic (exact) mass is 231 g/mol. The molecule has 3 N–H and O–H groups in total. The van der Waals surface area contributed by atoms with Crippen LogP contribution in [0.5, 0.6) is 0 Å². The maximum absolute atomic E-state index is 10.7. The third-order valence-electron chi connectivity index (χ3n) is 2.99. The molecule has 0 radical (unpaired) electrons. The van der Waals surface area contributed by atoms with E-state index in [1.165, 1.54) is 11.1 Å². The van der Waals surface area contributed by atoms with E-state index in [1.54, 1.807) is 0 Å². The lowest BCUT2D eigenvalue weighted by molar-refractivity contribution is 0.249. The molecule has 4 heteroatoms. The van der Waals surface area contributed by atoms with Crippen LogP contribution in [0.4, 0.5) is 4.79 Å². The third kappa shape index (κ3) is 2.84. The van der Waals surface area contributed by atoms with Crippen molar-refractivity contribution in [1.29, 1.82) is 0 Å². The number of fused-ring (bicyclic) bond motifs is 1. The highest BCUT2D eigenvalue weighted by Gasteiger charge is 2.14. The molecule has 0 aromatic heterocycles. The van der Waals surface area contributed by atoms with Gasteiger partial charge in [0.1, 0.15) is 0 Å². The maximum atomic E-state index is 10.7. The highest BCUT2D eigenvalue weighted by atomic mass is 16.2. The first kappa shape index (κ1) is 11.6. The van der Waals surface area contributed by atoms with Gasteiger partial charge < -0.3 is 5.73 Å². The molecule has 0 unspecified atom stereocenters. The number of primary amides is 1. The number of urea groups is 1. The first-order chi connectivity index (χ1) is 8.16. The fourth-order valence-electron chi connectivity index (χ4n) is 2.16. The van der Waals surface area contributed by atoms with Crippen LogP contribution in [-0.2, 0) is 6.42 Å². The van der Waals surface area contributed by atoms with E-state index in [0.29, 0.717) is 0 Å². The topological polar surface area (TPSA) is 67.5 Å². The lowest BCUT2D eigenvalue weighted by Gasteiger charge is -2.08. The van der Waals surface area contributed by atoms with Crippen LogP contribution in [0.3, 0.4) is 0 Å². The number of hydrazone groups is 1. The van der Waals surface area contributed by atoms with Crippen LogP contribution in [-0.4, -0.2) is 11.7 Å². The van der Waals surface area contributed by atoms with Crippen molar-refractivity contribution in [3.8, 4) is 0 Å². The van der Waals surface area contributed by atoms with E-state index in [4.69, 9.17) is 5.73 Å². The van der Waals surface area contributed by atoms with Crippen LogP contribution < -0.4 is 11.2 Å². The number of nitrogens with one attached hydrogen (secondary N) is 1. The van der Waals surface area contributed by atoms with E-state index in [1.807, 2.05) is 0 Å². The van der Waals surface area contributed by atoms with E-state index in [9.17, 15) is 4.79 Å². The number of benzene rings is 1. The summed E-state index contributed by atoms with van der Waals surface area (Å²) in [6.07, 6.45) is 4.21. The number of nitrogens with two attached hydrogens (primary N) is 1. The fourth-order valence-corrected chi connectivity index (χ4v) is 2.16. The number of rotatable bonds is 1. The molecule has 2 rings (SSSR count). The molecule has 0 atom stereocenters. The van der Waals surface area contributed by atoms with Gasteiger partial charge in [-0.05, 0) is 44.2 Å². The Hall–Kier alpha value is -1.84. The van der Waals surface area contributed by atoms with Gasteiger partial charge in [0, 0.05) is 5.56 Å². The van der Waals surface area contributed by atoms with Gasteiger partial charge in [-0.3, -0.25) is 0 Å². The van der Waals surface area contributed by atoms with E-state index in [-0.39, 0.29) is 0 Å². The minimum Gasteiger partial charge on any atom is -0.350 e. The van der Waals surface area contributed by atoms with Gasteiger partial charge in [0.05, 0.1) is 5.71 Å². The lowest BCUT2D eigenvalue weighted by atomic mass is 9.99. The Labute approximate surface area is 101 Å². The summed E-state index contributed by atoms with van der Waals surface area (Å²) in [5.74, 6) is 0. The Kier molecular flexibility index (Phi) is 3.42. The first-order valence-electron chi connectivity index (χ1n) is 5.89. The van der Waals surface area contributed by atoms with Crippen molar-refractivity contribution in [2.45, 2.75) is 32.6 Å². The molecule has 4 nitrogen and oxygen atoms in total. The smallest absolute Gasteiger partial charge is 0.332 e. The molecule has 0 aliphatic heterocycles. The largest absolute Gasteiger partial charge is 0.350 e. The summed E-state index contributed by atoms with van der Waals surface area (Å²) in [6.45, 7) is 2.06. The number of carbonyl (C=O) groups excluding carboxylic acids is 1. The van der Waals surface area contributed by atoms with Crippen LogP contribution in [0.2, 0.25) is 0 Å². The molecule has 1 aliphatic rings. The third-order valence-corrected chi connectivity index (χ3v) is 2.99. The number of amides is 2. The summed E-state index contributed by atoms with van der Waals surface area (Å²) in [4.78, 5) is 10.7. The van der Waals surface area contributed by atoms with Gasteiger partial charge in [-0.1, -0.05) is 17.7 Å². The molecule has 17 heavy (non-hydrogen) atoms. The highest BCUT2D eigenvalue weighted by molar-refractivity contribution is 6.02. The van der Waals surface area contributed by atoms with Gasteiger partial charge in [-0.2, -0.15) is 5.10 Å². The second-order valence-electron chi connectivity index (χ2n) is 4.40. The number of hydrogen-bond donors (Lipinski definition) is 2. The number of nitrogens with zero attached hydrogens (tertiary/aromatic N) is 1. The molecule has 1 aromatic carbocycles. The summed E-state index contributed by atoms with van der Waals surface area (Å²) in [7, 11) is 0. The molecule has 0 heterocycles. The van der Waals surface area contributed by atoms with Crippen molar-refractivity contribution < 1.29 is 4.79 Å². The average Bonchev–Trinajstić information content (AvgIpc) is 2.48. The average molecular weight is 231 g/mol. The highest BCUT2D eigenvalue weighted by Crippen LogP contribution is 2.22. The molecule has 0 saturated heterocycles. The lowest BCUT2D eigenvalue weighted by Crippen LogP contribution is -2.26. The molecule has 2 amide bonds. The molecular formula is C13H17N3O. The van der Waals surface area contributed by atoms with Crippen molar-refractivity contribution >= 4 is 11.7 Å². The Morgan fingerprint density at radius 3 is 2.88 bits per heavy atom. The second-order valence-corrected chi connectivity index (χ2v) is 4.40. The molecular weight excluding hydrogens is 214 g/mol. The minimum absolute atomic E-state index is 0.615.